The Morgan fingerprint density at radius 2 is 1.85 bits per heavy atom. The van der Waals surface area contributed by atoms with Crippen molar-refractivity contribution in [2.24, 2.45) is 7.05 Å². The fraction of sp³-hybridized carbons (Fsp3) is 0.286. The maximum absolute atomic E-state index is 12.9. The highest BCUT2D eigenvalue weighted by molar-refractivity contribution is 5.85. The van der Waals surface area contributed by atoms with Crippen LogP contribution in [0.3, 0.4) is 0 Å². The Labute approximate surface area is 156 Å². The van der Waals surface area contributed by atoms with E-state index in [1.54, 1.807) is 16.8 Å². The molecule has 6 heteroatoms. The first-order valence-electron chi connectivity index (χ1n) is 9.36. The van der Waals surface area contributed by atoms with Crippen molar-refractivity contribution in [3.05, 3.63) is 58.6 Å². The molecule has 1 saturated carbocycles. The van der Waals surface area contributed by atoms with Gasteiger partial charge in [-0.3, -0.25) is 9.36 Å². The lowest BCUT2D eigenvalue weighted by atomic mass is 10.0. The molecule has 1 aliphatic rings. The second-order valence-electron chi connectivity index (χ2n) is 7.39. The topological polar surface area (TPSA) is 78.2 Å². The summed E-state index contributed by atoms with van der Waals surface area (Å²) in [5.41, 5.74) is 10.4. The molecule has 0 atom stereocenters. The predicted molar refractivity (Wildman–Crippen MR) is 107 cm³/mol. The second-order valence-corrected chi connectivity index (χ2v) is 7.39. The molecule has 0 bridgehead atoms. The normalized spacial score (nSPS) is 15.1. The van der Waals surface area contributed by atoms with Gasteiger partial charge in [-0.2, -0.15) is 5.10 Å². The number of pyridine rings is 1. The number of nitrogen functional groups attached to an aromatic ring is 1. The average molecular weight is 359 g/mol. The Morgan fingerprint density at radius 3 is 2.59 bits per heavy atom. The number of fused-ring (bicyclic) bond motifs is 3. The predicted octanol–water partition coefficient (Wildman–Crippen LogP) is 3.49. The molecule has 136 valence electrons. The maximum atomic E-state index is 12.9. The van der Waals surface area contributed by atoms with Crippen LogP contribution in [0.15, 0.2) is 47.4 Å². The molecule has 4 aromatic rings. The quantitative estimate of drug-likeness (QED) is 0.594. The van der Waals surface area contributed by atoms with Gasteiger partial charge in [0.1, 0.15) is 11.5 Å². The number of hydrogen-bond acceptors (Lipinski definition) is 4. The molecular formula is C21H21N5O. The molecule has 0 spiro atoms. The molecule has 1 fully saturated rings. The van der Waals surface area contributed by atoms with Gasteiger partial charge in [0, 0.05) is 30.8 Å². The monoisotopic (exact) mass is 359 g/mol. The van der Waals surface area contributed by atoms with Crippen molar-refractivity contribution in [2.75, 3.05) is 5.73 Å². The zero-order chi connectivity index (χ0) is 18.5. The molecule has 0 saturated heterocycles. The van der Waals surface area contributed by atoms with Crippen molar-refractivity contribution in [2.45, 2.75) is 31.6 Å². The lowest BCUT2D eigenvalue weighted by Crippen LogP contribution is -2.19. The van der Waals surface area contributed by atoms with Crippen molar-refractivity contribution in [3.8, 4) is 11.1 Å². The van der Waals surface area contributed by atoms with Gasteiger partial charge >= 0.3 is 0 Å². The van der Waals surface area contributed by atoms with Gasteiger partial charge in [-0.1, -0.05) is 18.9 Å². The van der Waals surface area contributed by atoms with Gasteiger partial charge in [0.25, 0.3) is 5.56 Å². The molecule has 2 N–H and O–H groups in total. The van der Waals surface area contributed by atoms with Gasteiger partial charge in [-0.25, -0.2) is 9.50 Å². The van der Waals surface area contributed by atoms with Crippen LogP contribution >= 0.6 is 0 Å². The summed E-state index contributed by atoms with van der Waals surface area (Å²) in [5.74, 6) is 0.989. The third kappa shape index (κ3) is 2.51. The molecule has 6 nitrogen and oxygen atoms in total. The SMILES string of the molecule is Cn1c(=O)c2ccc(-c3ccc(N)nc3)cc2n2nc(C3CCCC3)cc12. The lowest BCUT2D eigenvalue weighted by Gasteiger charge is -2.08. The zero-order valence-corrected chi connectivity index (χ0v) is 15.2. The van der Waals surface area contributed by atoms with Gasteiger partial charge in [0.2, 0.25) is 0 Å². The standard InChI is InChI=1S/C21H21N5O/c1-25-20-11-17(13-4-2-3-5-13)24-26(20)18-10-14(6-8-16(18)21(25)27)15-7-9-19(22)23-12-15/h6-13H,2-5H2,1H3,(H2,22,23). The summed E-state index contributed by atoms with van der Waals surface area (Å²) in [7, 11) is 1.81. The van der Waals surface area contributed by atoms with E-state index in [0.29, 0.717) is 17.1 Å². The van der Waals surface area contributed by atoms with Crippen molar-refractivity contribution in [1.29, 1.82) is 0 Å². The smallest absolute Gasteiger partial charge is 0.261 e. The van der Waals surface area contributed by atoms with Crippen LogP contribution in [0.25, 0.3) is 27.7 Å². The molecule has 0 radical (unpaired) electrons. The van der Waals surface area contributed by atoms with Crippen LogP contribution in [0.1, 0.15) is 37.3 Å². The number of rotatable bonds is 2. The van der Waals surface area contributed by atoms with E-state index in [1.807, 2.05) is 35.8 Å². The van der Waals surface area contributed by atoms with E-state index in [9.17, 15) is 4.79 Å². The van der Waals surface area contributed by atoms with Gasteiger partial charge in [0.05, 0.1) is 16.6 Å². The van der Waals surface area contributed by atoms with E-state index >= 15 is 0 Å². The number of anilines is 1. The van der Waals surface area contributed by atoms with E-state index in [-0.39, 0.29) is 5.56 Å². The number of aromatic nitrogens is 4. The minimum Gasteiger partial charge on any atom is -0.384 e. The second kappa shape index (κ2) is 5.94. The highest BCUT2D eigenvalue weighted by atomic mass is 16.1. The van der Waals surface area contributed by atoms with Crippen LogP contribution in [0.2, 0.25) is 0 Å². The van der Waals surface area contributed by atoms with Gasteiger partial charge in [-0.15, -0.1) is 0 Å². The van der Waals surface area contributed by atoms with Crippen LogP contribution in [-0.4, -0.2) is 19.2 Å². The summed E-state index contributed by atoms with van der Waals surface area (Å²) < 4.78 is 3.61. The first-order chi connectivity index (χ1) is 13.1. The molecule has 1 aliphatic carbocycles. The lowest BCUT2D eigenvalue weighted by molar-refractivity contribution is 0.686. The maximum Gasteiger partial charge on any atom is 0.261 e. The molecule has 0 amide bonds. The van der Waals surface area contributed by atoms with Gasteiger partial charge in [-0.05, 0) is 42.7 Å². The van der Waals surface area contributed by atoms with E-state index in [1.165, 1.54) is 25.7 Å². The Hall–Kier alpha value is -3.15. The summed E-state index contributed by atoms with van der Waals surface area (Å²) in [5, 5.41) is 5.56. The summed E-state index contributed by atoms with van der Waals surface area (Å²) in [6.07, 6.45) is 6.62. The number of nitrogens with two attached hydrogens (primary N) is 1. The summed E-state index contributed by atoms with van der Waals surface area (Å²) >= 11 is 0. The largest absolute Gasteiger partial charge is 0.384 e. The first-order valence-corrected chi connectivity index (χ1v) is 9.36. The summed E-state index contributed by atoms with van der Waals surface area (Å²) in [4.78, 5) is 17.0. The first kappa shape index (κ1) is 16.1. The molecule has 3 heterocycles. The number of aryl methyl sites for hydroxylation is 1. The minimum atomic E-state index is -0.00245. The van der Waals surface area contributed by atoms with E-state index < -0.39 is 0 Å². The Bertz CT molecular complexity index is 1210. The molecule has 0 aliphatic heterocycles. The van der Waals surface area contributed by atoms with E-state index in [4.69, 9.17) is 10.8 Å². The average Bonchev–Trinajstić information content (AvgIpc) is 3.36. The Balaban J connectivity index is 1.77. The fourth-order valence-corrected chi connectivity index (χ4v) is 4.15. The number of hydrogen-bond donors (Lipinski definition) is 1. The molecule has 5 rings (SSSR count). The number of benzene rings is 1. The van der Waals surface area contributed by atoms with Crippen LogP contribution < -0.4 is 11.3 Å². The highest BCUT2D eigenvalue weighted by Gasteiger charge is 2.21. The third-order valence-electron chi connectivity index (χ3n) is 5.71. The molecule has 0 unspecified atom stereocenters. The number of nitrogens with zero attached hydrogens (tertiary/aromatic N) is 4. The fourth-order valence-electron chi connectivity index (χ4n) is 4.15. The zero-order valence-electron chi connectivity index (χ0n) is 15.2. The van der Waals surface area contributed by atoms with Gasteiger partial charge < -0.3 is 5.73 Å². The highest BCUT2D eigenvalue weighted by Crippen LogP contribution is 2.34. The molecular weight excluding hydrogens is 338 g/mol. The Morgan fingerprint density at radius 1 is 1.07 bits per heavy atom. The third-order valence-corrected chi connectivity index (χ3v) is 5.71. The van der Waals surface area contributed by atoms with Crippen LogP contribution in [0.4, 0.5) is 5.82 Å². The van der Waals surface area contributed by atoms with Crippen LogP contribution in [0, 0.1) is 0 Å². The van der Waals surface area contributed by atoms with Crippen molar-refractivity contribution >= 4 is 22.4 Å². The van der Waals surface area contributed by atoms with Crippen molar-refractivity contribution < 1.29 is 0 Å². The molecule has 27 heavy (non-hydrogen) atoms. The minimum absolute atomic E-state index is 0.00245. The van der Waals surface area contributed by atoms with Crippen molar-refractivity contribution in [3.63, 3.8) is 0 Å². The van der Waals surface area contributed by atoms with Crippen LogP contribution in [0.5, 0.6) is 0 Å². The van der Waals surface area contributed by atoms with Gasteiger partial charge in [0.15, 0.2) is 0 Å². The summed E-state index contributed by atoms with van der Waals surface area (Å²) in [6, 6.07) is 11.6. The van der Waals surface area contributed by atoms with Crippen LogP contribution in [-0.2, 0) is 7.05 Å². The molecule has 3 aromatic heterocycles. The van der Waals surface area contributed by atoms with Crippen molar-refractivity contribution in [1.82, 2.24) is 19.2 Å². The van der Waals surface area contributed by atoms with E-state index in [2.05, 4.69) is 11.1 Å². The molecule has 1 aromatic carbocycles. The summed E-state index contributed by atoms with van der Waals surface area (Å²) in [6.45, 7) is 0. The Kier molecular flexibility index (Phi) is 3.53. The van der Waals surface area contributed by atoms with E-state index in [0.717, 1.165) is 28.0 Å².